The van der Waals surface area contributed by atoms with E-state index >= 15 is 0 Å². The molecule has 0 atom stereocenters. The highest BCUT2D eigenvalue weighted by Crippen LogP contribution is 2.27. The number of carbonyl (C=O) groups excluding carboxylic acids is 1. The molecule has 0 aromatic heterocycles. The summed E-state index contributed by atoms with van der Waals surface area (Å²) in [5.74, 6) is 0.436. The zero-order valence-electron chi connectivity index (χ0n) is 9.68. The predicted octanol–water partition coefficient (Wildman–Crippen LogP) is 3.01. The zero-order valence-corrected chi connectivity index (χ0v) is 9.68. The Morgan fingerprint density at radius 3 is 2.00 bits per heavy atom. The number of ether oxygens (including phenoxy) is 1. The van der Waals surface area contributed by atoms with Crippen molar-refractivity contribution in [2.45, 2.75) is 54.1 Å². The third kappa shape index (κ3) is 4.91. The lowest BCUT2D eigenvalue weighted by Crippen LogP contribution is -2.30. The fourth-order valence-electron chi connectivity index (χ4n) is 1.48. The first-order chi connectivity index (χ1) is 5.75. The van der Waals surface area contributed by atoms with E-state index in [9.17, 15) is 4.79 Å². The minimum Gasteiger partial charge on any atom is -0.463 e. The van der Waals surface area contributed by atoms with Crippen molar-refractivity contribution in [1.82, 2.24) is 0 Å². The van der Waals surface area contributed by atoms with Crippen LogP contribution in [0.1, 0.15) is 48.0 Å². The molecule has 0 aromatic carbocycles. The van der Waals surface area contributed by atoms with E-state index in [0.717, 1.165) is 6.42 Å². The molecule has 0 amide bonds. The molecule has 0 aliphatic rings. The molecule has 0 aromatic rings. The molecule has 0 heterocycles. The summed E-state index contributed by atoms with van der Waals surface area (Å²) in [4.78, 5) is 11.6. The van der Waals surface area contributed by atoms with Crippen molar-refractivity contribution in [3.05, 3.63) is 0 Å². The standard InChI is InChI=1S/C11H22O2/c1-8(2)7-11(5,6)10(12)13-9(3)4/h8-9H,7H2,1-6H3. The molecule has 0 aliphatic heterocycles. The number of esters is 1. The smallest absolute Gasteiger partial charge is 0.311 e. The van der Waals surface area contributed by atoms with Crippen LogP contribution in [0.2, 0.25) is 0 Å². The predicted molar refractivity (Wildman–Crippen MR) is 54.5 cm³/mol. The zero-order chi connectivity index (χ0) is 10.6. The van der Waals surface area contributed by atoms with Crippen LogP contribution >= 0.6 is 0 Å². The van der Waals surface area contributed by atoms with Crippen molar-refractivity contribution in [2.24, 2.45) is 11.3 Å². The minimum atomic E-state index is -0.349. The number of carbonyl (C=O) groups is 1. The number of hydrogen-bond acceptors (Lipinski definition) is 2. The molecule has 0 aliphatic carbocycles. The second kappa shape index (κ2) is 4.64. The van der Waals surface area contributed by atoms with E-state index in [4.69, 9.17) is 4.74 Å². The van der Waals surface area contributed by atoms with E-state index in [2.05, 4.69) is 13.8 Å². The lowest BCUT2D eigenvalue weighted by Gasteiger charge is -2.25. The van der Waals surface area contributed by atoms with Gasteiger partial charge in [0, 0.05) is 0 Å². The van der Waals surface area contributed by atoms with Gasteiger partial charge in [-0.3, -0.25) is 4.79 Å². The molecule has 13 heavy (non-hydrogen) atoms. The van der Waals surface area contributed by atoms with Gasteiger partial charge in [-0.1, -0.05) is 13.8 Å². The highest BCUT2D eigenvalue weighted by atomic mass is 16.5. The average molecular weight is 186 g/mol. The van der Waals surface area contributed by atoms with Gasteiger partial charge in [-0.2, -0.15) is 0 Å². The lowest BCUT2D eigenvalue weighted by molar-refractivity contribution is -0.158. The van der Waals surface area contributed by atoms with Gasteiger partial charge < -0.3 is 4.74 Å². The molecule has 0 rings (SSSR count). The van der Waals surface area contributed by atoms with E-state index in [1.54, 1.807) is 0 Å². The van der Waals surface area contributed by atoms with Gasteiger partial charge in [0.25, 0.3) is 0 Å². The van der Waals surface area contributed by atoms with Crippen molar-refractivity contribution in [2.75, 3.05) is 0 Å². The maximum atomic E-state index is 11.6. The third-order valence-corrected chi connectivity index (χ3v) is 1.81. The molecule has 2 nitrogen and oxygen atoms in total. The van der Waals surface area contributed by atoms with Gasteiger partial charge in [-0.25, -0.2) is 0 Å². The fraction of sp³-hybridized carbons (Fsp3) is 0.909. The van der Waals surface area contributed by atoms with Gasteiger partial charge in [-0.15, -0.1) is 0 Å². The summed E-state index contributed by atoms with van der Waals surface area (Å²) < 4.78 is 5.18. The van der Waals surface area contributed by atoms with Crippen LogP contribution in [0.5, 0.6) is 0 Å². The monoisotopic (exact) mass is 186 g/mol. The molecule has 0 bridgehead atoms. The lowest BCUT2D eigenvalue weighted by atomic mass is 9.84. The van der Waals surface area contributed by atoms with Crippen LogP contribution in [-0.4, -0.2) is 12.1 Å². The Labute approximate surface area is 81.7 Å². The Morgan fingerprint density at radius 2 is 1.69 bits per heavy atom. The van der Waals surface area contributed by atoms with Crippen molar-refractivity contribution in [3.8, 4) is 0 Å². The normalized spacial score (nSPS) is 12.3. The van der Waals surface area contributed by atoms with Gasteiger partial charge in [0.15, 0.2) is 0 Å². The van der Waals surface area contributed by atoms with Crippen LogP contribution in [0.4, 0.5) is 0 Å². The molecule has 0 saturated carbocycles. The quantitative estimate of drug-likeness (QED) is 0.631. The summed E-state index contributed by atoms with van der Waals surface area (Å²) in [5.41, 5.74) is -0.349. The van der Waals surface area contributed by atoms with E-state index in [1.165, 1.54) is 0 Å². The van der Waals surface area contributed by atoms with E-state index in [-0.39, 0.29) is 17.5 Å². The van der Waals surface area contributed by atoms with E-state index in [1.807, 2.05) is 27.7 Å². The van der Waals surface area contributed by atoms with Gasteiger partial charge in [0.1, 0.15) is 0 Å². The summed E-state index contributed by atoms with van der Waals surface area (Å²) in [6.45, 7) is 11.9. The summed E-state index contributed by atoms with van der Waals surface area (Å²) in [6.07, 6.45) is 0.859. The molecular weight excluding hydrogens is 164 g/mol. The van der Waals surface area contributed by atoms with Gasteiger partial charge in [0.05, 0.1) is 11.5 Å². The van der Waals surface area contributed by atoms with Crippen LogP contribution in [-0.2, 0) is 9.53 Å². The summed E-state index contributed by atoms with van der Waals surface area (Å²) in [6, 6.07) is 0. The Kier molecular flexibility index (Phi) is 4.45. The molecule has 0 fully saturated rings. The number of hydrogen-bond donors (Lipinski definition) is 0. The second-order valence-electron chi connectivity index (χ2n) is 4.94. The van der Waals surface area contributed by atoms with Crippen LogP contribution in [0.25, 0.3) is 0 Å². The van der Waals surface area contributed by atoms with Crippen molar-refractivity contribution in [1.29, 1.82) is 0 Å². The molecule has 0 unspecified atom stereocenters. The maximum absolute atomic E-state index is 11.6. The molecule has 0 radical (unpaired) electrons. The summed E-state index contributed by atoms with van der Waals surface area (Å²) in [5, 5.41) is 0. The first kappa shape index (κ1) is 12.5. The van der Waals surface area contributed by atoms with Crippen molar-refractivity contribution in [3.63, 3.8) is 0 Å². The van der Waals surface area contributed by atoms with Gasteiger partial charge in [-0.05, 0) is 40.0 Å². The highest BCUT2D eigenvalue weighted by Gasteiger charge is 2.30. The second-order valence-corrected chi connectivity index (χ2v) is 4.94. The van der Waals surface area contributed by atoms with Crippen LogP contribution < -0.4 is 0 Å². The summed E-state index contributed by atoms with van der Waals surface area (Å²) in [7, 11) is 0. The van der Waals surface area contributed by atoms with E-state index in [0.29, 0.717) is 5.92 Å². The molecule has 2 heteroatoms. The van der Waals surface area contributed by atoms with Crippen LogP contribution in [0.15, 0.2) is 0 Å². The summed E-state index contributed by atoms with van der Waals surface area (Å²) >= 11 is 0. The topological polar surface area (TPSA) is 26.3 Å². The largest absolute Gasteiger partial charge is 0.463 e. The van der Waals surface area contributed by atoms with Gasteiger partial charge >= 0.3 is 5.97 Å². The fourth-order valence-corrected chi connectivity index (χ4v) is 1.48. The Hall–Kier alpha value is -0.530. The molecule has 0 N–H and O–H groups in total. The van der Waals surface area contributed by atoms with Crippen LogP contribution in [0, 0.1) is 11.3 Å². The first-order valence-electron chi connectivity index (χ1n) is 4.97. The Balaban J connectivity index is 4.19. The molecule has 0 spiro atoms. The average Bonchev–Trinajstić information content (AvgIpc) is 1.81. The molecule has 78 valence electrons. The van der Waals surface area contributed by atoms with Crippen LogP contribution in [0.3, 0.4) is 0 Å². The minimum absolute atomic E-state index is 0.0149. The molecule has 0 saturated heterocycles. The SMILES string of the molecule is CC(C)CC(C)(C)C(=O)OC(C)C. The van der Waals surface area contributed by atoms with Crippen molar-refractivity contribution < 1.29 is 9.53 Å². The Morgan fingerprint density at radius 1 is 1.23 bits per heavy atom. The number of rotatable bonds is 4. The Bertz CT molecular complexity index is 169. The van der Waals surface area contributed by atoms with Gasteiger partial charge in [0.2, 0.25) is 0 Å². The third-order valence-electron chi connectivity index (χ3n) is 1.81. The highest BCUT2D eigenvalue weighted by molar-refractivity contribution is 5.76. The first-order valence-corrected chi connectivity index (χ1v) is 4.97. The van der Waals surface area contributed by atoms with E-state index < -0.39 is 0 Å². The van der Waals surface area contributed by atoms with Crippen molar-refractivity contribution >= 4 is 5.97 Å². The maximum Gasteiger partial charge on any atom is 0.311 e. The molecular formula is C11H22O2.